The highest BCUT2D eigenvalue weighted by atomic mass is 35.5. The molecule has 8 heteroatoms. The minimum atomic E-state index is -0.750. The minimum Gasteiger partial charge on any atom is -0.464 e. The average molecular weight is 407 g/mol. The largest absolute Gasteiger partial charge is 0.464 e. The number of benzene rings is 2. The van der Waals surface area contributed by atoms with Crippen molar-refractivity contribution in [1.82, 2.24) is 0 Å². The van der Waals surface area contributed by atoms with Gasteiger partial charge in [0.05, 0.1) is 22.2 Å². The fourth-order valence-electron chi connectivity index (χ4n) is 1.74. The molecular weight excluding hydrogens is 396 g/mol. The Labute approximate surface area is 157 Å². The molecule has 2 N–H and O–H groups in total. The van der Waals surface area contributed by atoms with Gasteiger partial charge in [0, 0.05) is 15.4 Å². The number of ether oxygens (including phenoxy) is 1. The summed E-state index contributed by atoms with van der Waals surface area (Å²) in [5, 5.41) is 1.12. The van der Waals surface area contributed by atoms with Crippen LogP contribution in [0.2, 0.25) is 15.1 Å². The second-order valence-electron chi connectivity index (χ2n) is 4.57. The van der Waals surface area contributed by atoms with E-state index in [-0.39, 0.29) is 11.3 Å². The Kier molecular flexibility index (Phi) is 6.40. The summed E-state index contributed by atoms with van der Waals surface area (Å²) in [4.78, 5) is 12.5. The number of rotatable bonds is 4. The van der Waals surface area contributed by atoms with E-state index in [2.05, 4.69) is 4.74 Å². The van der Waals surface area contributed by atoms with Crippen LogP contribution in [-0.4, -0.2) is 13.1 Å². The maximum absolute atomic E-state index is 14.2. The minimum absolute atomic E-state index is 0.0846. The lowest BCUT2D eigenvalue weighted by atomic mass is 10.2. The third-order valence-electron chi connectivity index (χ3n) is 2.90. The number of carbonyl (C=O) groups excluding carboxylic acids is 1. The quantitative estimate of drug-likeness (QED) is 0.545. The molecule has 2 rings (SSSR count). The summed E-state index contributed by atoms with van der Waals surface area (Å²) in [6.45, 7) is 0. The molecule has 0 aliphatic carbocycles. The first-order valence-corrected chi connectivity index (χ1v) is 8.44. The third-order valence-corrected chi connectivity index (χ3v) is 5.11. The van der Waals surface area contributed by atoms with Crippen molar-refractivity contribution in [2.75, 3.05) is 7.11 Å². The molecule has 0 heterocycles. The number of carbonyl (C=O) groups is 1. The van der Waals surface area contributed by atoms with Crippen LogP contribution in [0, 0.1) is 5.82 Å². The standard InChI is InChI=1S/C16H11Cl3FNO2S/c1-23-16(22)14(21)5-8-4-12(19)15(7-13(8)20)24-9-2-3-10(17)11(18)6-9/h2-7H,21H2,1H3/b14-5-. The van der Waals surface area contributed by atoms with Crippen LogP contribution in [0.5, 0.6) is 0 Å². The maximum atomic E-state index is 14.2. The molecule has 126 valence electrons. The highest BCUT2D eigenvalue weighted by molar-refractivity contribution is 7.99. The van der Waals surface area contributed by atoms with E-state index in [1.54, 1.807) is 18.2 Å². The monoisotopic (exact) mass is 405 g/mol. The normalized spacial score (nSPS) is 11.5. The summed E-state index contributed by atoms with van der Waals surface area (Å²) in [5.74, 6) is -1.33. The molecule has 0 aliphatic rings. The van der Waals surface area contributed by atoms with Crippen LogP contribution in [-0.2, 0) is 9.53 Å². The summed E-state index contributed by atoms with van der Waals surface area (Å²) in [7, 11) is 1.18. The van der Waals surface area contributed by atoms with Gasteiger partial charge in [0.2, 0.25) is 0 Å². The van der Waals surface area contributed by atoms with Gasteiger partial charge in [-0.2, -0.15) is 0 Å². The van der Waals surface area contributed by atoms with Crippen molar-refractivity contribution in [2.45, 2.75) is 9.79 Å². The van der Waals surface area contributed by atoms with E-state index >= 15 is 0 Å². The van der Waals surface area contributed by atoms with E-state index in [0.717, 1.165) is 4.90 Å². The molecule has 0 amide bonds. The van der Waals surface area contributed by atoms with Crippen LogP contribution in [0.1, 0.15) is 5.56 Å². The van der Waals surface area contributed by atoms with E-state index in [1.165, 1.54) is 37.1 Å². The van der Waals surface area contributed by atoms with Crippen molar-refractivity contribution < 1.29 is 13.9 Å². The molecule has 0 spiro atoms. The maximum Gasteiger partial charge on any atom is 0.353 e. The van der Waals surface area contributed by atoms with Gasteiger partial charge in [0.25, 0.3) is 0 Å². The molecule has 0 radical (unpaired) electrons. The van der Waals surface area contributed by atoms with E-state index < -0.39 is 11.8 Å². The van der Waals surface area contributed by atoms with Gasteiger partial charge in [-0.1, -0.05) is 46.6 Å². The van der Waals surface area contributed by atoms with Gasteiger partial charge in [-0.05, 0) is 36.4 Å². The second-order valence-corrected chi connectivity index (χ2v) is 6.91. The Hall–Kier alpha value is -1.40. The molecule has 24 heavy (non-hydrogen) atoms. The SMILES string of the molecule is COC(=O)/C(N)=C/c1cc(Cl)c(Sc2ccc(Cl)c(Cl)c2)cc1F. The van der Waals surface area contributed by atoms with E-state index in [9.17, 15) is 9.18 Å². The predicted molar refractivity (Wildman–Crippen MR) is 96.2 cm³/mol. The molecule has 0 fully saturated rings. The summed E-state index contributed by atoms with van der Waals surface area (Å²) in [6.07, 6.45) is 1.17. The van der Waals surface area contributed by atoms with Crippen molar-refractivity contribution >= 4 is 58.6 Å². The van der Waals surface area contributed by atoms with E-state index in [0.29, 0.717) is 20.0 Å². The summed E-state index contributed by atoms with van der Waals surface area (Å²) in [6, 6.07) is 7.69. The molecule has 0 aromatic heterocycles. The molecule has 0 saturated carbocycles. The van der Waals surface area contributed by atoms with E-state index in [1.807, 2.05) is 0 Å². The molecule has 2 aromatic carbocycles. The second kappa shape index (κ2) is 8.12. The van der Waals surface area contributed by atoms with E-state index in [4.69, 9.17) is 40.5 Å². The Bertz CT molecular complexity index is 827. The Balaban J connectivity index is 2.32. The highest BCUT2D eigenvalue weighted by Gasteiger charge is 2.12. The van der Waals surface area contributed by atoms with Gasteiger partial charge < -0.3 is 10.5 Å². The third kappa shape index (κ3) is 4.57. The fourth-order valence-corrected chi connectivity index (χ4v) is 3.28. The van der Waals surface area contributed by atoms with Crippen LogP contribution in [0.15, 0.2) is 45.8 Å². The molecule has 0 saturated heterocycles. The van der Waals surface area contributed by atoms with Crippen LogP contribution in [0.3, 0.4) is 0 Å². The zero-order chi connectivity index (χ0) is 17.9. The number of esters is 1. The average Bonchev–Trinajstić information content (AvgIpc) is 2.54. The van der Waals surface area contributed by atoms with Crippen LogP contribution >= 0.6 is 46.6 Å². The molecule has 0 atom stereocenters. The number of halogens is 4. The highest BCUT2D eigenvalue weighted by Crippen LogP contribution is 2.37. The Morgan fingerprint density at radius 1 is 1.17 bits per heavy atom. The van der Waals surface area contributed by atoms with Crippen molar-refractivity contribution in [3.8, 4) is 0 Å². The van der Waals surface area contributed by atoms with Crippen LogP contribution < -0.4 is 5.73 Å². The zero-order valence-electron chi connectivity index (χ0n) is 12.3. The van der Waals surface area contributed by atoms with Gasteiger partial charge >= 0.3 is 5.97 Å². The summed E-state index contributed by atoms with van der Waals surface area (Å²) < 4.78 is 18.7. The summed E-state index contributed by atoms with van der Waals surface area (Å²) >= 11 is 19.2. The smallest absolute Gasteiger partial charge is 0.353 e. The topological polar surface area (TPSA) is 52.3 Å². The first kappa shape index (κ1) is 18.9. The first-order valence-electron chi connectivity index (χ1n) is 6.49. The molecule has 0 unspecified atom stereocenters. The van der Waals surface area contributed by atoms with Crippen LogP contribution in [0.4, 0.5) is 4.39 Å². The lowest BCUT2D eigenvalue weighted by Gasteiger charge is -2.08. The first-order chi connectivity index (χ1) is 11.3. The van der Waals surface area contributed by atoms with Gasteiger partial charge in [-0.25, -0.2) is 9.18 Å². The Morgan fingerprint density at radius 3 is 2.50 bits per heavy atom. The van der Waals surface area contributed by atoms with Gasteiger partial charge in [-0.3, -0.25) is 0 Å². The molecular formula is C16H11Cl3FNO2S. The van der Waals surface area contributed by atoms with Crippen molar-refractivity contribution in [3.05, 3.63) is 62.5 Å². The fraction of sp³-hybridized carbons (Fsp3) is 0.0625. The lowest BCUT2D eigenvalue weighted by molar-refractivity contribution is -0.136. The number of hydrogen-bond acceptors (Lipinski definition) is 4. The van der Waals surface area contributed by atoms with Gasteiger partial charge in [-0.15, -0.1) is 0 Å². The molecule has 3 nitrogen and oxygen atoms in total. The molecule has 0 aliphatic heterocycles. The number of hydrogen-bond donors (Lipinski definition) is 1. The molecule has 2 aromatic rings. The number of methoxy groups -OCH3 is 1. The van der Waals surface area contributed by atoms with Gasteiger partial charge in [0.15, 0.2) is 0 Å². The molecule has 0 bridgehead atoms. The Morgan fingerprint density at radius 2 is 1.88 bits per heavy atom. The lowest BCUT2D eigenvalue weighted by Crippen LogP contribution is -2.12. The van der Waals surface area contributed by atoms with Crippen molar-refractivity contribution in [2.24, 2.45) is 5.73 Å². The predicted octanol–water partition coefficient (Wildman–Crippen LogP) is 5.41. The van der Waals surface area contributed by atoms with Crippen molar-refractivity contribution in [3.63, 3.8) is 0 Å². The number of nitrogens with two attached hydrogens (primary N) is 1. The van der Waals surface area contributed by atoms with Crippen molar-refractivity contribution in [1.29, 1.82) is 0 Å². The summed E-state index contributed by atoms with van der Waals surface area (Å²) in [5.41, 5.74) is 5.38. The van der Waals surface area contributed by atoms with Crippen LogP contribution in [0.25, 0.3) is 6.08 Å². The van der Waals surface area contributed by atoms with Gasteiger partial charge in [0.1, 0.15) is 11.5 Å². The zero-order valence-corrected chi connectivity index (χ0v) is 15.4.